The lowest BCUT2D eigenvalue weighted by atomic mass is 9.93. The largest absolute Gasteiger partial charge is 0.416 e. The third-order valence-electron chi connectivity index (χ3n) is 7.38. The van der Waals surface area contributed by atoms with Crippen LogP contribution in [0.15, 0.2) is 47.0 Å². The summed E-state index contributed by atoms with van der Waals surface area (Å²) in [6, 6.07) is 7.93. The lowest BCUT2D eigenvalue weighted by molar-refractivity contribution is -0.143. The van der Waals surface area contributed by atoms with Crippen LogP contribution in [0.4, 0.5) is 32.2 Å². The molecule has 258 valence electrons. The topological polar surface area (TPSA) is 95.5 Å². The number of nitrogens with zero attached hydrogens (tertiary/aromatic N) is 5. The number of benzene rings is 2. The number of hydrogen-bond acceptors (Lipinski definition) is 8. The van der Waals surface area contributed by atoms with Gasteiger partial charge >= 0.3 is 12.4 Å². The molecule has 0 radical (unpaired) electrons. The zero-order valence-corrected chi connectivity index (χ0v) is 28.3. The monoisotopic (exact) mass is 715 g/mol. The Balaban J connectivity index is 1.69. The Bertz CT molecular complexity index is 1780. The summed E-state index contributed by atoms with van der Waals surface area (Å²) < 4.78 is 101. The van der Waals surface area contributed by atoms with E-state index in [1.54, 1.807) is 43.0 Å². The van der Waals surface area contributed by atoms with Gasteiger partial charge in [0, 0.05) is 18.7 Å². The Morgan fingerprint density at radius 2 is 1.58 bits per heavy atom. The molecule has 0 aliphatic carbocycles. The van der Waals surface area contributed by atoms with Crippen molar-refractivity contribution in [3.63, 3.8) is 0 Å². The number of carbonyl (C=O) groups excluding carboxylic acids is 1. The van der Waals surface area contributed by atoms with E-state index >= 15 is 0 Å². The SMILES string of the molecule is CC(C)(O[Si](C)(C)C)c1noc(-c2ccccc2Cl)c1C(=O)c1nnn(Cc2cc(C(F)(F)F)cc(C(F)(F)F)c2)c1N1CCOCC1. The van der Waals surface area contributed by atoms with E-state index < -0.39 is 49.7 Å². The summed E-state index contributed by atoms with van der Waals surface area (Å²) in [5, 5.41) is 12.7. The molecule has 0 saturated carbocycles. The molecule has 9 nitrogen and oxygen atoms in total. The molecule has 2 aromatic carbocycles. The molecule has 0 spiro atoms. The van der Waals surface area contributed by atoms with Gasteiger partial charge in [-0.05, 0) is 69.4 Å². The fraction of sp³-hybridized carbons (Fsp3) is 0.419. The van der Waals surface area contributed by atoms with Crippen molar-refractivity contribution < 1.29 is 44.8 Å². The first-order valence-corrected chi connectivity index (χ1v) is 18.6. The highest BCUT2D eigenvalue weighted by molar-refractivity contribution is 6.69. The molecule has 1 fully saturated rings. The van der Waals surface area contributed by atoms with Gasteiger partial charge in [0.25, 0.3) is 0 Å². The molecular weight excluding hydrogens is 684 g/mol. The summed E-state index contributed by atoms with van der Waals surface area (Å²) >= 11 is 6.51. The number of morpholine rings is 1. The van der Waals surface area contributed by atoms with Gasteiger partial charge in [0.1, 0.15) is 5.69 Å². The van der Waals surface area contributed by atoms with Crippen molar-refractivity contribution in [1.29, 1.82) is 0 Å². The van der Waals surface area contributed by atoms with Crippen LogP contribution in [-0.2, 0) is 33.7 Å². The smallest absolute Gasteiger partial charge is 0.407 e. The van der Waals surface area contributed by atoms with Gasteiger partial charge in [-0.25, -0.2) is 4.68 Å². The molecule has 17 heteroatoms. The molecule has 0 N–H and O–H groups in total. The van der Waals surface area contributed by atoms with E-state index in [0.29, 0.717) is 17.7 Å². The maximum absolute atomic E-state index is 14.7. The predicted molar refractivity (Wildman–Crippen MR) is 166 cm³/mol. The molecule has 0 amide bonds. The summed E-state index contributed by atoms with van der Waals surface area (Å²) in [6.07, 6.45) is -10.1. The second-order valence-corrected chi connectivity index (χ2v) is 17.5. The Morgan fingerprint density at radius 3 is 2.15 bits per heavy atom. The minimum Gasteiger partial charge on any atom is -0.407 e. The Kier molecular flexibility index (Phi) is 9.59. The molecule has 5 rings (SSSR count). The average Bonchev–Trinajstić information content (AvgIpc) is 3.61. The van der Waals surface area contributed by atoms with Crippen molar-refractivity contribution in [3.05, 3.63) is 81.1 Å². The molecular formula is C31H32ClF6N5O4Si. The second kappa shape index (κ2) is 12.9. The summed E-state index contributed by atoms with van der Waals surface area (Å²) in [4.78, 5) is 16.4. The number of alkyl halides is 6. The zero-order chi connectivity index (χ0) is 35.2. The van der Waals surface area contributed by atoms with Crippen molar-refractivity contribution in [2.45, 2.75) is 58.0 Å². The van der Waals surface area contributed by atoms with Crippen LogP contribution in [0.3, 0.4) is 0 Å². The molecule has 0 unspecified atom stereocenters. The number of hydrogen-bond donors (Lipinski definition) is 0. The molecule has 0 atom stereocenters. The fourth-order valence-corrected chi connectivity index (χ4v) is 7.46. The van der Waals surface area contributed by atoms with Crippen LogP contribution in [0.2, 0.25) is 24.7 Å². The van der Waals surface area contributed by atoms with Crippen molar-refractivity contribution in [2.75, 3.05) is 31.2 Å². The van der Waals surface area contributed by atoms with Crippen LogP contribution in [0.25, 0.3) is 11.3 Å². The van der Waals surface area contributed by atoms with Crippen molar-refractivity contribution in [1.82, 2.24) is 20.2 Å². The molecule has 4 aromatic rings. The number of ether oxygens (including phenoxy) is 1. The normalized spacial score (nSPS) is 14.9. The Labute approximate surface area is 277 Å². The van der Waals surface area contributed by atoms with E-state index in [-0.39, 0.29) is 71.5 Å². The number of ketones is 1. The van der Waals surface area contributed by atoms with Gasteiger partial charge in [0.15, 0.2) is 25.6 Å². The highest BCUT2D eigenvalue weighted by Crippen LogP contribution is 2.41. The summed E-state index contributed by atoms with van der Waals surface area (Å²) in [5.41, 5.74) is -4.16. The van der Waals surface area contributed by atoms with Crippen LogP contribution in [0.1, 0.15) is 52.3 Å². The zero-order valence-electron chi connectivity index (χ0n) is 26.6. The number of rotatable bonds is 9. The van der Waals surface area contributed by atoms with Gasteiger partial charge < -0.3 is 18.6 Å². The Morgan fingerprint density at radius 1 is 0.979 bits per heavy atom. The summed E-state index contributed by atoms with van der Waals surface area (Å²) in [6.45, 7) is 9.76. The summed E-state index contributed by atoms with van der Waals surface area (Å²) in [7, 11) is -2.24. The van der Waals surface area contributed by atoms with Gasteiger partial charge in [-0.2, -0.15) is 26.3 Å². The number of halogens is 7. The van der Waals surface area contributed by atoms with Gasteiger partial charge in [0.2, 0.25) is 5.78 Å². The van der Waals surface area contributed by atoms with E-state index in [0.717, 1.165) is 4.68 Å². The van der Waals surface area contributed by atoms with E-state index in [1.807, 2.05) is 19.6 Å². The number of anilines is 1. The predicted octanol–water partition coefficient (Wildman–Crippen LogP) is 7.83. The molecule has 1 saturated heterocycles. The highest BCUT2D eigenvalue weighted by Gasteiger charge is 2.41. The van der Waals surface area contributed by atoms with E-state index in [4.69, 9.17) is 25.3 Å². The molecule has 0 bridgehead atoms. The van der Waals surface area contributed by atoms with Crippen molar-refractivity contribution in [2.24, 2.45) is 0 Å². The van der Waals surface area contributed by atoms with Crippen LogP contribution < -0.4 is 4.90 Å². The number of aromatic nitrogens is 4. The molecule has 1 aliphatic heterocycles. The van der Waals surface area contributed by atoms with Crippen LogP contribution in [0.5, 0.6) is 0 Å². The van der Waals surface area contributed by atoms with Gasteiger partial charge in [-0.1, -0.05) is 34.1 Å². The van der Waals surface area contributed by atoms with Gasteiger partial charge in [-0.3, -0.25) is 4.79 Å². The fourth-order valence-electron chi connectivity index (χ4n) is 5.61. The maximum atomic E-state index is 14.7. The van der Waals surface area contributed by atoms with Crippen LogP contribution in [0, 0.1) is 0 Å². The standard InChI is InChI=1S/C31H32ClF6N5O4Si/c1-29(2,47-48(3,4)5)27-23(26(46-40-27)21-8-6-7-9-22(21)32)25(44)24-28(42-10-12-45-13-11-42)43(41-39-24)17-18-14-19(30(33,34)35)16-20(15-18)31(36,37)38/h6-9,14-16H,10-13,17H2,1-5H3. The minimum absolute atomic E-state index is 0.0219. The van der Waals surface area contributed by atoms with Crippen LogP contribution in [-0.4, -0.2) is 60.6 Å². The average molecular weight is 716 g/mol. The highest BCUT2D eigenvalue weighted by atomic mass is 35.5. The van der Waals surface area contributed by atoms with Gasteiger partial charge in [-0.15, -0.1) is 5.10 Å². The first-order valence-electron chi connectivity index (χ1n) is 14.8. The number of carbonyl (C=O) groups is 1. The van der Waals surface area contributed by atoms with E-state index in [2.05, 4.69) is 15.5 Å². The molecule has 48 heavy (non-hydrogen) atoms. The molecule has 3 heterocycles. The quantitative estimate of drug-likeness (QED) is 0.0984. The molecule has 1 aliphatic rings. The lowest BCUT2D eigenvalue weighted by Gasteiger charge is -2.32. The minimum atomic E-state index is -5.04. The van der Waals surface area contributed by atoms with Crippen LogP contribution >= 0.6 is 11.6 Å². The van der Waals surface area contributed by atoms with E-state index in [9.17, 15) is 31.1 Å². The third-order valence-corrected chi connectivity index (χ3v) is 8.84. The first kappa shape index (κ1) is 35.6. The molecule has 2 aromatic heterocycles. The summed E-state index contributed by atoms with van der Waals surface area (Å²) in [5.74, 6) is -0.598. The third kappa shape index (κ3) is 7.61. The second-order valence-electron chi connectivity index (χ2n) is 12.7. The van der Waals surface area contributed by atoms with E-state index in [1.165, 1.54) is 0 Å². The van der Waals surface area contributed by atoms with Crippen molar-refractivity contribution in [3.8, 4) is 11.3 Å². The van der Waals surface area contributed by atoms with Crippen molar-refractivity contribution >= 4 is 31.5 Å². The Hall–Kier alpha value is -3.73. The van der Waals surface area contributed by atoms with Gasteiger partial charge in [0.05, 0.1) is 47.1 Å². The lowest BCUT2D eigenvalue weighted by Crippen LogP contribution is -2.39. The maximum Gasteiger partial charge on any atom is 0.416 e. The first-order chi connectivity index (χ1) is 22.3.